The number of rotatable bonds is 6. The van der Waals surface area contributed by atoms with Crippen LogP contribution < -0.4 is 5.32 Å². The third-order valence-corrected chi connectivity index (χ3v) is 2.57. The normalized spacial score (nSPS) is 11.0. The summed E-state index contributed by atoms with van der Waals surface area (Å²) in [5.41, 5.74) is 0.862. The van der Waals surface area contributed by atoms with Gasteiger partial charge in [0.15, 0.2) is 0 Å². The quantitative estimate of drug-likeness (QED) is 0.636. The van der Waals surface area contributed by atoms with Crippen LogP contribution >= 0.6 is 0 Å². The predicted octanol–water partition coefficient (Wildman–Crippen LogP) is 1.87. The second kappa shape index (κ2) is 8.59. The van der Waals surface area contributed by atoms with Gasteiger partial charge in [-0.25, -0.2) is 9.59 Å². The first-order valence-corrected chi connectivity index (χ1v) is 6.16. The fourth-order valence-electron chi connectivity index (χ4n) is 1.53. The van der Waals surface area contributed by atoms with Gasteiger partial charge in [0.25, 0.3) is 0 Å². The Hall–Kier alpha value is -2.48. The summed E-state index contributed by atoms with van der Waals surface area (Å²) in [5, 5.41) is 2.44. The zero-order valence-corrected chi connectivity index (χ0v) is 11.3. The summed E-state index contributed by atoms with van der Waals surface area (Å²) in [7, 11) is 1.25. The van der Waals surface area contributed by atoms with Crippen LogP contribution in [-0.2, 0) is 20.9 Å². The van der Waals surface area contributed by atoms with Gasteiger partial charge >= 0.3 is 12.1 Å². The Bertz CT molecular complexity index is 478. The molecular weight excluding hydrogens is 258 g/mol. The highest BCUT2D eigenvalue weighted by atomic mass is 16.6. The molecule has 0 unspecified atom stereocenters. The molecule has 5 nitrogen and oxygen atoms in total. The lowest BCUT2D eigenvalue weighted by molar-refractivity contribution is -0.143. The van der Waals surface area contributed by atoms with Gasteiger partial charge in [-0.3, -0.25) is 0 Å². The minimum atomic E-state index is -0.792. The van der Waals surface area contributed by atoms with Crippen LogP contribution in [0, 0.1) is 12.3 Å². The first-order chi connectivity index (χ1) is 9.67. The van der Waals surface area contributed by atoms with Crippen LogP contribution in [0.25, 0.3) is 0 Å². The van der Waals surface area contributed by atoms with Gasteiger partial charge in [-0.05, 0) is 12.0 Å². The number of ether oxygens (including phenoxy) is 2. The van der Waals surface area contributed by atoms with Gasteiger partial charge in [-0.1, -0.05) is 30.3 Å². The molecule has 0 aromatic heterocycles. The van der Waals surface area contributed by atoms with Crippen molar-refractivity contribution in [2.24, 2.45) is 0 Å². The van der Waals surface area contributed by atoms with Crippen LogP contribution in [0.4, 0.5) is 4.79 Å². The lowest BCUT2D eigenvalue weighted by Gasteiger charge is -2.15. The van der Waals surface area contributed by atoms with E-state index in [2.05, 4.69) is 16.0 Å². The number of alkyl carbamates (subject to hydrolysis) is 1. The van der Waals surface area contributed by atoms with Gasteiger partial charge in [0, 0.05) is 6.42 Å². The molecule has 1 rings (SSSR count). The van der Waals surface area contributed by atoms with E-state index in [0.29, 0.717) is 12.8 Å². The molecule has 0 radical (unpaired) electrons. The summed E-state index contributed by atoms with van der Waals surface area (Å²) >= 11 is 0. The summed E-state index contributed by atoms with van der Waals surface area (Å²) in [5.74, 6) is 1.86. The highest BCUT2D eigenvalue weighted by Gasteiger charge is 2.21. The van der Waals surface area contributed by atoms with Crippen molar-refractivity contribution in [1.82, 2.24) is 5.32 Å². The maximum atomic E-state index is 11.6. The molecule has 1 N–H and O–H groups in total. The van der Waals surface area contributed by atoms with Crippen molar-refractivity contribution in [2.45, 2.75) is 25.5 Å². The largest absolute Gasteiger partial charge is 0.467 e. The molecule has 20 heavy (non-hydrogen) atoms. The Labute approximate surface area is 118 Å². The maximum absolute atomic E-state index is 11.6. The van der Waals surface area contributed by atoms with E-state index in [4.69, 9.17) is 11.2 Å². The monoisotopic (exact) mass is 275 g/mol. The summed E-state index contributed by atoms with van der Waals surface area (Å²) in [6.07, 6.45) is 5.13. The van der Waals surface area contributed by atoms with Crippen LogP contribution in [0.2, 0.25) is 0 Å². The standard InChI is InChI=1S/C15H17NO4/c1-3-4-10-13(14(17)19-2)16-15(18)20-11-12-8-6-5-7-9-12/h1,5-9,13H,4,10-11H2,2H3,(H,16,18)/t13-/m1/s1. The van der Waals surface area contributed by atoms with E-state index < -0.39 is 18.1 Å². The minimum Gasteiger partial charge on any atom is -0.467 e. The van der Waals surface area contributed by atoms with Crippen molar-refractivity contribution in [1.29, 1.82) is 0 Å². The number of esters is 1. The third-order valence-electron chi connectivity index (χ3n) is 2.57. The van der Waals surface area contributed by atoms with Crippen molar-refractivity contribution >= 4 is 12.1 Å². The summed E-state index contributed by atoms with van der Waals surface area (Å²) < 4.78 is 9.62. The van der Waals surface area contributed by atoms with E-state index in [1.165, 1.54) is 7.11 Å². The molecule has 5 heteroatoms. The number of hydrogen-bond donors (Lipinski definition) is 1. The Kier molecular flexibility index (Phi) is 6.69. The molecule has 0 fully saturated rings. The SMILES string of the molecule is C#CCC[C@@H](NC(=O)OCc1ccccc1)C(=O)OC. The fourth-order valence-corrected chi connectivity index (χ4v) is 1.53. The van der Waals surface area contributed by atoms with Crippen LogP contribution in [0.1, 0.15) is 18.4 Å². The average Bonchev–Trinajstić information content (AvgIpc) is 2.49. The minimum absolute atomic E-state index is 0.135. The number of carbonyl (C=O) groups is 2. The van der Waals surface area contributed by atoms with Crippen LogP contribution in [-0.4, -0.2) is 25.2 Å². The molecule has 0 heterocycles. The zero-order chi connectivity index (χ0) is 14.8. The number of nitrogens with one attached hydrogen (secondary N) is 1. The van der Waals surface area contributed by atoms with Crippen molar-refractivity contribution < 1.29 is 19.1 Å². The molecule has 0 aliphatic carbocycles. The van der Waals surface area contributed by atoms with E-state index in [1.54, 1.807) is 0 Å². The molecular formula is C15H17NO4. The van der Waals surface area contributed by atoms with Gasteiger partial charge in [0.1, 0.15) is 12.6 Å². The van der Waals surface area contributed by atoms with Crippen LogP contribution in [0.15, 0.2) is 30.3 Å². The number of amides is 1. The first kappa shape index (κ1) is 15.6. The highest BCUT2D eigenvalue weighted by Crippen LogP contribution is 2.03. The van der Waals surface area contributed by atoms with E-state index in [0.717, 1.165) is 5.56 Å². The third kappa shape index (κ3) is 5.44. The van der Waals surface area contributed by atoms with Gasteiger partial charge in [-0.15, -0.1) is 12.3 Å². The lowest BCUT2D eigenvalue weighted by Crippen LogP contribution is -2.41. The smallest absolute Gasteiger partial charge is 0.408 e. The molecule has 0 aliphatic rings. The number of terminal acetylenes is 1. The van der Waals surface area contributed by atoms with E-state index >= 15 is 0 Å². The lowest BCUT2D eigenvalue weighted by atomic mass is 10.1. The second-order valence-electron chi connectivity index (χ2n) is 4.02. The van der Waals surface area contributed by atoms with Gasteiger partial charge in [0.2, 0.25) is 0 Å². The van der Waals surface area contributed by atoms with Crippen molar-refractivity contribution in [3.05, 3.63) is 35.9 Å². The molecule has 0 aliphatic heterocycles. The van der Waals surface area contributed by atoms with Crippen molar-refractivity contribution in [2.75, 3.05) is 7.11 Å². The number of hydrogen-bond acceptors (Lipinski definition) is 4. The van der Waals surface area contributed by atoms with E-state index in [9.17, 15) is 9.59 Å². The van der Waals surface area contributed by atoms with E-state index in [-0.39, 0.29) is 6.61 Å². The molecule has 1 amide bonds. The number of benzene rings is 1. The summed E-state index contributed by atoms with van der Waals surface area (Å²) in [6.45, 7) is 0.135. The molecule has 0 spiro atoms. The summed E-state index contributed by atoms with van der Waals surface area (Å²) in [6, 6.07) is 8.45. The number of methoxy groups -OCH3 is 1. The molecule has 1 aromatic rings. The maximum Gasteiger partial charge on any atom is 0.408 e. The molecule has 1 atom stereocenters. The Balaban J connectivity index is 2.45. The average molecular weight is 275 g/mol. The number of carbonyl (C=O) groups excluding carboxylic acids is 2. The molecule has 106 valence electrons. The first-order valence-electron chi connectivity index (χ1n) is 6.16. The van der Waals surface area contributed by atoms with Crippen molar-refractivity contribution in [3.8, 4) is 12.3 Å². The molecule has 0 bridgehead atoms. The fraction of sp³-hybridized carbons (Fsp3) is 0.333. The van der Waals surface area contributed by atoms with Crippen molar-refractivity contribution in [3.63, 3.8) is 0 Å². The molecule has 0 saturated heterocycles. The molecule has 0 saturated carbocycles. The topological polar surface area (TPSA) is 64.6 Å². The van der Waals surface area contributed by atoms with Gasteiger partial charge in [-0.2, -0.15) is 0 Å². The van der Waals surface area contributed by atoms with E-state index in [1.807, 2.05) is 30.3 Å². The summed E-state index contributed by atoms with van der Waals surface area (Å²) in [4.78, 5) is 23.1. The predicted molar refractivity (Wildman–Crippen MR) is 73.6 cm³/mol. The van der Waals surface area contributed by atoms with Gasteiger partial charge in [0.05, 0.1) is 7.11 Å². The molecule has 1 aromatic carbocycles. The Morgan fingerprint density at radius 3 is 2.65 bits per heavy atom. The van der Waals surface area contributed by atoms with Crippen LogP contribution in [0.3, 0.4) is 0 Å². The second-order valence-corrected chi connectivity index (χ2v) is 4.02. The Morgan fingerprint density at radius 1 is 1.35 bits per heavy atom. The van der Waals surface area contributed by atoms with Crippen LogP contribution in [0.5, 0.6) is 0 Å². The highest BCUT2D eigenvalue weighted by molar-refractivity contribution is 5.81. The van der Waals surface area contributed by atoms with Gasteiger partial charge < -0.3 is 14.8 Å². The zero-order valence-electron chi connectivity index (χ0n) is 11.3. The Morgan fingerprint density at radius 2 is 2.05 bits per heavy atom.